The highest BCUT2D eigenvalue weighted by Crippen LogP contribution is 2.15. The summed E-state index contributed by atoms with van der Waals surface area (Å²) in [6.45, 7) is 2.11. The summed E-state index contributed by atoms with van der Waals surface area (Å²) in [4.78, 5) is 41.2. The first-order valence-corrected chi connectivity index (χ1v) is 9.53. The molecule has 27 heavy (non-hydrogen) atoms. The second-order valence-corrected chi connectivity index (χ2v) is 6.86. The van der Waals surface area contributed by atoms with E-state index in [0.717, 1.165) is 17.7 Å². The molecule has 0 spiro atoms. The Hall–Kier alpha value is -3.00. The number of hydrogen-bond acceptors (Lipinski definition) is 5. The Morgan fingerprint density at radius 2 is 2.00 bits per heavy atom. The summed E-state index contributed by atoms with van der Waals surface area (Å²) in [5.74, 6) is -0.589. The molecule has 0 radical (unpaired) electrons. The van der Waals surface area contributed by atoms with Crippen molar-refractivity contribution in [1.29, 1.82) is 0 Å². The molecule has 140 valence electrons. The molecule has 2 aromatic heterocycles. The predicted octanol–water partition coefficient (Wildman–Crippen LogP) is 2.17. The quantitative estimate of drug-likeness (QED) is 0.653. The zero-order valence-electron chi connectivity index (χ0n) is 14.9. The van der Waals surface area contributed by atoms with E-state index in [-0.39, 0.29) is 36.9 Å². The first kappa shape index (κ1) is 18.8. The molecule has 0 atom stereocenters. The maximum absolute atomic E-state index is 12.3. The largest absolute Gasteiger partial charge is 0.347 e. The minimum absolute atomic E-state index is 0.0933. The van der Waals surface area contributed by atoms with Gasteiger partial charge in [-0.3, -0.25) is 19.0 Å². The highest BCUT2D eigenvalue weighted by molar-refractivity contribution is 7.16. The second kappa shape index (κ2) is 8.59. The van der Waals surface area contributed by atoms with Gasteiger partial charge >= 0.3 is 0 Å². The molecule has 8 heteroatoms. The molecular weight excluding hydrogens is 364 g/mol. The number of hydrogen-bond donors (Lipinski definition) is 2. The molecule has 3 aromatic rings. The van der Waals surface area contributed by atoms with Gasteiger partial charge in [-0.25, -0.2) is 4.98 Å². The van der Waals surface area contributed by atoms with Gasteiger partial charge in [0.25, 0.3) is 5.56 Å². The van der Waals surface area contributed by atoms with Gasteiger partial charge in [0.15, 0.2) is 0 Å². The third-order valence-corrected chi connectivity index (χ3v) is 4.97. The minimum atomic E-state index is -0.300. The van der Waals surface area contributed by atoms with Crippen LogP contribution in [-0.4, -0.2) is 27.9 Å². The number of thiophene rings is 1. The lowest BCUT2D eigenvalue weighted by atomic mass is 10.1. The van der Waals surface area contributed by atoms with E-state index in [1.807, 2.05) is 36.6 Å². The molecule has 0 unspecified atom stereocenters. The molecule has 0 fully saturated rings. The van der Waals surface area contributed by atoms with Crippen LogP contribution in [0.25, 0.3) is 10.2 Å². The van der Waals surface area contributed by atoms with E-state index in [4.69, 9.17) is 0 Å². The first-order chi connectivity index (χ1) is 13.1. The summed E-state index contributed by atoms with van der Waals surface area (Å²) < 4.78 is 1.41. The van der Waals surface area contributed by atoms with E-state index in [2.05, 4.69) is 15.6 Å². The standard InChI is InChI=1S/C19H20N4O3S/c1-2-13-5-3-4-6-15(13)22-17(25)11-20-16(24)7-9-23-12-21-18-14(19(23)26)8-10-27-18/h3-6,8,10,12H,2,7,9,11H2,1H3,(H,20,24)(H,22,25). The lowest BCUT2D eigenvalue weighted by Crippen LogP contribution is -2.34. The summed E-state index contributed by atoms with van der Waals surface area (Å²) in [5.41, 5.74) is 1.62. The number of amides is 2. The number of carbonyl (C=O) groups is 2. The van der Waals surface area contributed by atoms with Gasteiger partial charge < -0.3 is 10.6 Å². The summed E-state index contributed by atoms with van der Waals surface area (Å²) in [6.07, 6.45) is 2.35. The molecule has 2 N–H and O–H groups in total. The highest BCUT2D eigenvalue weighted by Gasteiger charge is 2.10. The fourth-order valence-corrected chi connectivity index (χ4v) is 3.41. The summed E-state index contributed by atoms with van der Waals surface area (Å²) >= 11 is 1.40. The summed E-state index contributed by atoms with van der Waals surface area (Å²) in [6, 6.07) is 9.27. The molecule has 7 nitrogen and oxygen atoms in total. The fraction of sp³-hybridized carbons (Fsp3) is 0.263. The Morgan fingerprint density at radius 1 is 1.19 bits per heavy atom. The SMILES string of the molecule is CCc1ccccc1NC(=O)CNC(=O)CCn1cnc2sccc2c1=O. The number of carbonyl (C=O) groups excluding carboxylic acids is 2. The van der Waals surface area contributed by atoms with Crippen molar-refractivity contribution in [1.82, 2.24) is 14.9 Å². The number of anilines is 1. The molecule has 0 bridgehead atoms. The van der Waals surface area contributed by atoms with E-state index < -0.39 is 0 Å². The van der Waals surface area contributed by atoms with Crippen molar-refractivity contribution in [2.75, 3.05) is 11.9 Å². The number of rotatable bonds is 7. The maximum Gasteiger partial charge on any atom is 0.262 e. The summed E-state index contributed by atoms with van der Waals surface area (Å²) in [5, 5.41) is 7.74. The molecule has 0 saturated heterocycles. The number of benzene rings is 1. The molecule has 0 aliphatic rings. The number of aromatic nitrogens is 2. The fourth-order valence-electron chi connectivity index (χ4n) is 2.69. The van der Waals surface area contributed by atoms with Crippen LogP contribution in [0.2, 0.25) is 0 Å². The van der Waals surface area contributed by atoms with Crippen molar-refractivity contribution in [3.63, 3.8) is 0 Å². The van der Waals surface area contributed by atoms with E-state index in [1.165, 1.54) is 22.2 Å². The average molecular weight is 384 g/mol. The lowest BCUT2D eigenvalue weighted by molar-refractivity contribution is -0.124. The number of nitrogens with zero attached hydrogens (tertiary/aromatic N) is 2. The predicted molar refractivity (Wildman–Crippen MR) is 106 cm³/mol. The Kier molecular flexibility index (Phi) is 5.97. The van der Waals surface area contributed by atoms with E-state index >= 15 is 0 Å². The topological polar surface area (TPSA) is 93.1 Å². The van der Waals surface area contributed by atoms with Gasteiger partial charge in [0.2, 0.25) is 11.8 Å². The molecule has 1 aromatic carbocycles. The van der Waals surface area contributed by atoms with Gasteiger partial charge in [0.05, 0.1) is 18.3 Å². The molecule has 2 amide bonds. The van der Waals surface area contributed by atoms with Crippen molar-refractivity contribution in [2.24, 2.45) is 0 Å². The van der Waals surface area contributed by atoms with Crippen LogP contribution in [0, 0.1) is 0 Å². The van der Waals surface area contributed by atoms with E-state index in [9.17, 15) is 14.4 Å². The average Bonchev–Trinajstić information content (AvgIpc) is 3.16. The van der Waals surface area contributed by atoms with Crippen molar-refractivity contribution in [3.8, 4) is 0 Å². The summed E-state index contributed by atoms with van der Waals surface area (Å²) in [7, 11) is 0. The number of aryl methyl sites for hydroxylation is 2. The molecule has 0 aliphatic heterocycles. The van der Waals surface area contributed by atoms with Crippen LogP contribution in [0.15, 0.2) is 46.8 Å². The smallest absolute Gasteiger partial charge is 0.262 e. The van der Waals surface area contributed by atoms with Crippen LogP contribution in [0.5, 0.6) is 0 Å². The van der Waals surface area contributed by atoms with E-state index in [1.54, 1.807) is 6.07 Å². The third-order valence-electron chi connectivity index (χ3n) is 4.15. The Balaban J connectivity index is 1.49. The van der Waals surface area contributed by atoms with Gasteiger partial charge in [-0.1, -0.05) is 25.1 Å². The molecule has 0 aliphatic carbocycles. The van der Waals surface area contributed by atoms with Gasteiger partial charge in [0.1, 0.15) is 4.83 Å². The monoisotopic (exact) mass is 384 g/mol. The second-order valence-electron chi connectivity index (χ2n) is 5.97. The van der Waals surface area contributed by atoms with Crippen molar-refractivity contribution < 1.29 is 9.59 Å². The zero-order valence-corrected chi connectivity index (χ0v) is 15.7. The molecular formula is C19H20N4O3S. The van der Waals surface area contributed by atoms with Crippen LogP contribution in [0.4, 0.5) is 5.69 Å². The van der Waals surface area contributed by atoms with Gasteiger partial charge in [-0.15, -0.1) is 11.3 Å². The Bertz CT molecular complexity index is 1020. The number of para-hydroxylation sites is 1. The van der Waals surface area contributed by atoms with Crippen LogP contribution < -0.4 is 16.2 Å². The normalized spacial score (nSPS) is 10.7. The molecule has 0 saturated carbocycles. The van der Waals surface area contributed by atoms with Crippen molar-refractivity contribution in [2.45, 2.75) is 26.3 Å². The zero-order chi connectivity index (χ0) is 19.2. The van der Waals surface area contributed by atoms with Crippen LogP contribution in [0.3, 0.4) is 0 Å². The number of fused-ring (bicyclic) bond motifs is 1. The first-order valence-electron chi connectivity index (χ1n) is 8.65. The Labute approximate surface area is 160 Å². The highest BCUT2D eigenvalue weighted by atomic mass is 32.1. The van der Waals surface area contributed by atoms with Crippen LogP contribution in [-0.2, 0) is 22.6 Å². The number of nitrogens with one attached hydrogen (secondary N) is 2. The third kappa shape index (κ3) is 4.59. The Morgan fingerprint density at radius 3 is 2.81 bits per heavy atom. The van der Waals surface area contributed by atoms with Gasteiger partial charge in [-0.2, -0.15) is 0 Å². The van der Waals surface area contributed by atoms with E-state index in [0.29, 0.717) is 10.2 Å². The van der Waals surface area contributed by atoms with Gasteiger partial charge in [0, 0.05) is 18.7 Å². The van der Waals surface area contributed by atoms with Crippen LogP contribution in [0.1, 0.15) is 18.9 Å². The van der Waals surface area contributed by atoms with Crippen molar-refractivity contribution in [3.05, 3.63) is 58.0 Å². The lowest BCUT2D eigenvalue weighted by Gasteiger charge is -2.10. The maximum atomic E-state index is 12.3. The van der Waals surface area contributed by atoms with Crippen molar-refractivity contribution >= 4 is 39.1 Å². The minimum Gasteiger partial charge on any atom is -0.347 e. The molecule has 2 heterocycles. The van der Waals surface area contributed by atoms with Crippen LogP contribution >= 0.6 is 11.3 Å². The van der Waals surface area contributed by atoms with Gasteiger partial charge in [-0.05, 0) is 29.5 Å². The molecule has 3 rings (SSSR count).